The Balaban J connectivity index is 2.01. The molecule has 1 saturated carbocycles. The molecule has 1 fully saturated rings. The van der Waals surface area contributed by atoms with E-state index in [1.165, 1.54) is 0 Å². The number of nitrogens with two attached hydrogens (primary N) is 1. The Morgan fingerprint density at radius 3 is 2.82 bits per heavy atom. The summed E-state index contributed by atoms with van der Waals surface area (Å²) in [7, 11) is 0. The number of imidazole rings is 1. The van der Waals surface area contributed by atoms with Crippen molar-refractivity contribution in [1.29, 1.82) is 0 Å². The van der Waals surface area contributed by atoms with Crippen LogP contribution >= 0.6 is 0 Å². The summed E-state index contributed by atoms with van der Waals surface area (Å²) in [5.74, 6) is 0.379. The van der Waals surface area contributed by atoms with Gasteiger partial charge in [-0.05, 0) is 12.0 Å². The fourth-order valence-corrected chi connectivity index (χ4v) is 2.28. The van der Waals surface area contributed by atoms with Gasteiger partial charge < -0.3 is 20.7 Å². The van der Waals surface area contributed by atoms with Crippen molar-refractivity contribution in [2.45, 2.75) is 6.42 Å². The molecule has 2 aromatic rings. The third-order valence-corrected chi connectivity index (χ3v) is 3.73. The molecule has 1 aliphatic carbocycles. The zero-order valence-electron chi connectivity index (χ0n) is 11.9. The topological polar surface area (TPSA) is 119 Å². The second kappa shape index (κ2) is 5.39. The van der Waals surface area contributed by atoms with Gasteiger partial charge in [-0.3, -0.25) is 4.57 Å². The van der Waals surface area contributed by atoms with E-state index in [4.69, 9.17) is 10.5 Å². The van der Waals surface area contributed by atoms with E-state index in [0.29, 0.717) is 23.5 Å². The summed E-state index contributed by atoms with van der Waals surface area (Å²) in [6, 6.07) is 0. The zero-order valence-corrected chi connectivity index (χ0v) is 11.9. The van der Waals surface area contributed by atoms with Crippen molar-refractivity contribution in [2.24, 2.45) is 5.41 Å². The number of aromatic nitrogens is 4. The largest absolute Gasteiger partial charge is 0.472 e. The van der Waals surface area contributed by atoms with Crippen LogP contribution in [0, 0.1) is 5.41 Å². The zero-order chi connectivity index (χ0) is 15.7. The highest BCUT2D eigenvalue weighted by Crippen LogP contribution is 2.51. The van der Waals surface area contributed by atoms with Crippen LogP contribution in [-0.2, 0) is 0 Å². The molecule has 4 N–H and O–H groups in total. The van der Waals surface area contributed by atoms with Gasteiger partial charge in [0.25, 0.3) is 0 Å². The Labute approximate surface area is 126 Å². The first-order valence-corrected chi connectivity index (χ1v) is 6.80. The first-order chi connectivity index (χ1) is 10.6. The van der Waals surface area contributed by atoms with Gasteiger partial charge in [0, 0.05) is 11.6 Å². The van der Waals surface area contributed by atoms with E-state index in [2.05, 4.69) is 21.5 Å². The van der Waals surface area contributed by atoms with Gasteiger partial charge in [0.05, 0.1) is 13.2 Å². The van der Waals surface area contributed by atoms with Crippen LogP contribution in [0.1, 0.15) is 6.42 Å². The van der Waals surface area contributed by atoms with Crippen molar-refractivity contribution in [3.63, 3.8) is 0 Å². The second-order valence-corrected chi connectivity index (χ2v) is 5.24. The monoisotopic (exact) mass is 303 g/mol. The van der Waals surface area contributed by atoms with Gasteiger partial charge in [0.1, 0.15) is 12.9 Å². The van der Waals surface area contributed by atoms with Crippen molar-refractivity contribution in [3.8, 4) is 5.88 Å². The van der Waals surface area contributed by atoms with Crippen LogP contribution in [0.25, 0.3) is 17.4 Å². The molecule has 22 heavy (non-hydrogen) atoms. The smallest absolute Gasteiger partial charge is 0.247 e. The van der Waals surface area contributed by atoms with Crippen LogP contribution in [0.5, 0.6) is 5.88 Å². The van der Waals surface area contributed by atoms with Crippen molar-refractivity contribution < 1.29 is 14.9 Å². The Hall–Kier alpha value is -2.45. The summed E-state index contributed by atoms with van der Waals surface area (Å²) >= 11 is 0. The number of anilines is 1. The van der Waals surface area contributed by atoms with E-state index in [0.717, 1.165) is 5.57 Å². The van der Waals surface area contributed by atoms with Gasteiger partial charge in [-0.15, -0.1) is 0 Å². The molecular formula is C14H17N5O3. The van der Waals surface area contributed by atoms with Crippen LogP contribution in [0.3, 0.4) is 0 Å². The number of ether oxygens (including phenoxy) is 1. The third kappa shape index (κ3) is 2.32. The summed E-state index contributed by atoms with van der Waals surface area (Å²) in [5, 5.41) is 18.7. The van der Waals surface area contributed by atoms with E-state index < -0.39 is 5.41 Å². The fourth-order valence-electron chi connectivity index (χ4n) is 2.28. The standard InChI is InChI=1S/C14H17N5O3/c1-2-3-22-12-10-11(17-13(15)18-12)19(8-16-10)5-9-4-14(9,6-20)7-21/h2,5,8,20-21H,1,3-4,6-7H2,(H2,15,17,18)/b9-5-. The second-order valence-electron chi connectivity index (χ2n) is 5.24. The summed E-state index contributed by atoms with van der Waals surface area (Å²) < 4.78 is 7.13. The molecule has 2 heterocycles. The Morgan fingerprint density at radius 1 is 1.41 bits per heavy atom. The normalized spacial score (nSPS) is 17.8. The lowest BCUT2D eigenvalue weighted by molar-refractivity contribution is 0.143. The van der Waals surface area contributed by atoms with Gasteiger partial charge >= 0.3 is 0 Å². The number of nitrogen functional groups attached to an aromatic ring is 1. The van der Waals surface area contributed by atoms with Crippen LogP contribution < -0.4 is 10.5 Å². The minimum atomic E-state index is -0.530. The highest BCUT2D eigenvalue weighted by Gasteiger charge is 2.48. The Morgan fingerprint density at radius 2 is 2.18 bits per heavy atom. The molecule has 0 unspecified atom stereocenters. The van der Waals surface area contributed by atoms with Crippen LogP contribution in [0.2, 0.25) is 0 Å². The summed E-state index contributed by atoms with van der Waals surface area (Å²) in [4.78, 5) is 12.5. The van der Waals surface area contributed by atoms with E-state index in [9.17, 15) is 10.2 Å². The number of aliphatic hydroxyl groups is 2. The molecule has 8 nitrogen and oxygen atoms in total. The Bertz CT molecular complexity index is 748. The lowest BCUT2D eigenvalue weighted by atomic mass is 10.1. The lowest BCUT2D eigenvalue weighted by Gasteiger charge is -2.06. The summed E-state index contributed by atoms with van der Waals surface area (Å²) in [6.45, 7) is 3.69. The molecule has 116 valence electrons. The number of nitrogens with zero attached hydrogens (tertiary/aromatic N) is 4. The number of aliphatic hydroxyl groups excluding tert-OH is 2. The first-order valence-electron chi connectivity index (χ1n) is 6.80. The van der Waals surface area contributed by atoms with Crippen LogP contribution in [0.4, 0.5) is 5.95 Å². The molecule has 2 aromatic heterocycles. The predicted molar refractivity (Wildman–Crippen MR) is 80.9 cm³/mol. The SMILES string of the molecule is C=CCOc1nc(N)nc2c1ncn2/C=C1/CC1(CO)CO. The lowest BCUT2D eigenvalue weighted by Crippen LogP contribution is -2.12. The molecule has 8 heteroatoms. The van der Waals surface area contributed by atoms with Crippen LogP contribution in [0.15, 0.2) is 24.6 Å². The van der Waals surface area contributed by atoms with Gasteiger partial charge in [-0.1, -0.05) is 12.7 Å². The first kappa shape index (κ1) is 14.5. The number of rotatable bonds is 6. The molecule has 0 aromatic carbocycles. The van der Waals surface area contributed by atoms with Gasteiger partial charge in [0.15, 0.2) is 11.2 Å². The molecule has 1 aliphatic rings. The van der Waals surface area contributed by atoms with Crippen molar-refractivity contribution in [3.05, 3.63) is 24.6 Å². The molecule has 0 aliphatic heterocycles. The molecule has 0 atom stereocenters. The average molecular weight is 303 g/mol. The van der Waals surface area contributed by atoms with E-state index in [1.54, 1.807) is 23.2 Å². The molecule has 0 radical (unpaired) electrons. The molecule has 3 rings (SSSR count). The van der Waals surface area contributed by atoms with E-state index >= 15 is 0 Å². The maximum absolute atomic E-state index is 9.35. The number of fused-ring (bicyclic) bond motifs is 1. The predicted octanol–water partition coefficient (Wildman–Crippen LogP) is 0.189. The highest BCUT2D eigenvalue weighted by molar-refractivity contribution is 5.79. The summed E-state index contributed by atoms with van der Waals surface area (Å²) in [5.41, 5.74) is 7.11. The molecule has 0 spiro atoms. The minimum Gasteiger partial charge on any atom is -0.472 e. The molecule has 0 saturated heterocycles. The van der Waals surface area contributed by atoms with Gasteiger partial charge in [-0.2, -0.15) is 9.97 Å². The highest BCUT2D eigenvalue weighted by atomic mass is 16.5. The van der Waals surface area contributed by atoms with Crippen molar-refractivity contribution in [1.82, 2.24) is 19.5 Å². The number of hydrogen-bond acceptors (Lipinski definition) is 7. The maximum Gasteiger partial charge on any atom is 0.247 e. The summed E-state index contributed by atoms with van der Waals surface area (Å²) in [6.07, 6.45) is 5.61. The Kier molecular flexibility index (Phi) is 3.55. The van der Waals surface area contributed by atoms with Gasteiger partial charge in [-0.25, -0.2) is 4.98 Å². The van der Waals surface area contributed by atoms with Gasteiger partial charge in [0.2, 0.25) is 11.8 Å². The van der Waals surface area contributed by atoms with Crippen molar-refractivity contribution >= 4 is 23.3 Å². The molecular weight excluding hydrogens is 286 g/mol. The quantitative estimate of drug-likeness (QED) is 0.651. The van der Waals surface area contributed by atoms with E-state index in [1.807, 2.05) is 0 Å². The number of hydrogen-bond donors (Lipinski definition) is 3. The molecule has 0 bridgehead atoms. The van der Waals surface area contributed by atoms with E-state index in [-0.39, 0.29) is 25.8 Å². The maximum atomic E-state index is 9.35. The third-order valence-electron chi connectivity index (χ3n) is 3.73. The molecule has 0 amide bonds. The average Bonchev–Trinajstić information content (AvgIpc) is 3.09. The van der Waals surface area contributed by atoms with Crippen molar-refractivity contribution in [2.75, 3.05) is 25.6 Å². The minimum absolute atomic E-state index is 0.0816. The van der Waals surface area contributed by atoms with Crippen LogP contribution in [-0.4, -0.2) is 49.6 Å². The fraction of sp³-hybridized carbons (Fsp3) is 0.357.